The summed E-state index contributed by atoms with van der Waals surface area (Å²) >= 11 is 0. The molecule has 6 heteroatoms. The Morgan fingerprint density at radius 1 is 1.27 bits per heavy atom. The smallest absolute Gasteiger partial charge is 0.287 e. The summed E-state index contributed by atoms with van der Waals surface area (Å²) in [5.41, 5.74) is -0.249. The number of alkyl halides is 3. The van der Waals surface area contributed by atoms with Crippen LogP contribution in [0.1, 0.15) is 10.4 Å². The summed E-state index contributed by atoms with van der Waals surface area (Å²) in [6.07, 6.45) is -6.03. The van der Waals surface area contributed by atoms with Crippen LogP contribution in [0.15, 0.2) is 24.3 Å². The number of hydrogen-bond acceptors (Lipinski definition) is 2. The Bertz CT molecular complexity index is 357. The van der Waals surface area contributed by atoms with Gasteiger partial charge < -0.3 is 10.4 Å². The fourth-order valence-electron chi connectivity index (χ4n) is 0.932. The summed E-state index contributed by atoms with van der Waals surface area (Å²) in [4.78, 5) is 11.1. The lowest BCUT2D eigenvalue weighted by Crippen LogP contribution is -2.36. The van der Waals surface area contributed by atoms with E-state index < -0.39 is 24.4 Å². The quantitative estimate of drug-likeness (QED) is 0.760. The molecule has 0 aliphatic heterocycles. The molecule has 0 saturated carbocycles. The Morgan fingerprint density at radius 3 is 2.40 bits per heavy atom. The molecule has 1 atom stereocenters. The van der Waals surface area contributed by atoms with E-state index in [2.05, 4.69) is 0 Å². The van der Waals surface area contributed by atoms with Crippen molar-refractivity contribution in [3.8, 4) is 5.75 Å². The average molecular weight is 219 g/mol. The van der Waals surface area contributed by atoms with Crippen molar-refractivity contribution in [2.75, 3.05) is 0 Å². The molecule has 0 saturated heterocycles. The number of carbonyl (C=O) groups is 1. The van der Waals surface area contributed by atoms with Gasteiger partial charge in [-0.1, -0.05) is 12.1 Å². The molecule has 0 bridgehead atoms. The number of para-hydroxylation sites is 1. The van der Waals surface area contributed by atoms with Crippen molar-refractivity contribution in [2.24, 2.45) is 0 Å². The third-order valence-corrected chi connectivity index (χ3v) is 1.64. The highest BCUT2D eigenvalue weighted by atomic mass is 19.3. The van der Waals surface area contributed by atoms with Gasteiger partial charge in [-0.05, 0) is 12.1 Å². The topological polar surface area (TPSA) is 49.3 Å². The second kappa shape index (κ2) is 4.68. The van der Waals surface area contributed by atoms with E-state index in [-0.39, 0.29) is 5.56 Å². The van der Waals surface area contributed by atoms with Gasteiger partial charge in [0.1, 0.15) is 5.75 Å². The molecule has 0 fully saturated rings. The van der Waals surface area contributed by atoms with Gasteiger partial charge >= 0.3 is 0 Å². The number of nitrogens with one attached hydrogen (secondary N) is 1. The molecule has 1 unspecified atom stereocenters. The highest BCUT2D eigenvalue weighted by Gasteiger charge is 2.22. The van der Waals surface area contributed by atoms with Gasteiger partial charge in [-0.15, -0.1) is 0 Å². The first-order valence-electron chi connectivity index (χ1n) is 4.03. The van der Waals surface area contributed by atoms with E-state index in [0.717, 1.165) is 0 Å². The van der Waals surface area contributed by atoms with Gasteiger partial charge in [0.25, 0.3) is 12.3 Å². The lowest BCUT2D eigenvalue weighted by molar-refractivity contribution is 0.0286. The lowest BCUT2D eigenvalue weighted by Gasteiger charge is -2.10. The SMILES string of the molecule is O=C(NC(F)C(F)F)c1ccccc1O. The van der Waals surface area contributed by atoms with Gasteiger partial charge in [0, 0.05) is 0 Å². The molecule has 1 aromatic rings. The molecular formula is C9H8F3NO2. The summed E-state index contributed by atoms with van der Waals surface area (Å²) < 4.78 is 35.9. The van der Waals surface area contributed by atoms with E-state index >= 15 is 0 Å². The zero-order chi connectivity index (χ0) is 11.4. The molecule has 82 valence electrons. The van der Waals surface area contributed by atoms with Crippen molar-refractivity contribution < 1.29 is 23.1 Å². The van der Waals surface area contributed by atoms with Crippen LogP contribution in [0.5, 0.6) is 5.75 Å². The molecule has 2 N–H and O–H groups in total. The van der Waals surface area contributed by atoms with Crippen LogP contribution in [0.25, 0.3) is 0 Å². The zero-order valence-corrected chi connectivity index (χ0v) is 7.45. The maximum Gasteiger partial charge on any atom is 0.287 e. The van der Waals surface area contributed by atoms with Crippen molar-refractivity contribution in [1.82, 2.24) is 5.32 Å². The molecule has 1 amide bonds. The molecule has 3 nitrogen and oxygen atoms in total. The summed E-state index contributed by atoms with van der Waals surface area (Å²) in [5.74, 6) is -1.47. The van der Waals surface area contributed by atoms with Gasteiger partial charge in [0.2, 0.25) is 6.30 Å². The molecule has 0 aliphatic rings. The normalized spacial score (nSPS) is 12.5. The number of benzene rings is 1. The van der Waals surface area contributed by atoms with E-state index in [1.807, 2.05) is 0 Å². The maximum atomic E-state index is 12.4. The van der Waals surface area contributed by atoms with Gasteiger partial charge in [-0.25, -0.2) is 13.2 Å². The van der Waals surface area contributed by atoms with Crippen LogP contribution in [0.3, 0.4) is 0 Å². The molecular weight excluding hydrogens is 211 g/mol. The Labute approximate surface area is 83.5 Å². The Balaban J connectivity index is 2.74. The van der Waals surface area contributed by atoms with Crippen LogP contribution in [-0.2, 0) is 0 Å². The van der Waals surface area contributed by atoms with Crippen molar-refractivity contribution in [2.45, 2.75) is 12.7 Å². The van der Waals surface area contributed by atoms with Crippen molar-refractivity contribution in [3.05, 3.63) is 29.8 Å². The second-order valence-electron chi connectivity index (χ2n) is 2.73. The largest absolute Gasteiger partial charge is 0.507 e. The van der Waals surface area contributed by atoms with Crippen LogP contribution in [0.2, 0.25) is 0 Å². The third kappa shape index (κ3) is 2.87. The Morgan fingerprint density at radius 2 is 1.87 bits per heavy atom. The standard InChI is InChI=1S/C9H8F3NO2/c10-7(11)8(12)13-9(15)5-3-1-2-4-6(5)14/h1-4,7-8,14H,(H,13,15). The van der Waals surface area contributed by atoms with Gasteiger partial charge in [-0.2, -0.15) is 0 Å². The van der Waals surface area contributed by atoms with Crippen molar-refractivity contribution in [1.29, 1.82) is 0 Å². The van der Waals surface area contributed by atoms with Crippen LogP contribution >= 0.6 is 0 Å². The summed E-state index contributed by atoms with van der Waals surface area (Å²) in [7, 11) is 0. The molecule has 0 spiro atoms. The van der Waals surface area contributed by atoms with Gasteiger partial charge in [0.05, 0.1) is 5.56 Å². The number of carbonyl (C=O) groups excluding carboxylic acids is 1. The lowest BCUT2D eigenvalue weighted by atomic mass is 10.2. The minimum Gasteiger partial charge on any atom is -0.507 e. The number of phenolic OH excluding ortho intramolecular Hbond substituents is 1. The molecule has 1 rings (SSSR count). The van der Waals surface area contributed by atoms with Crippen LogP contribution < -0.4 is 5.32 Å². The van der Waals surface area contributed by atoms with Crippen LogP contribution in [0.4, 0.5) is 13.2 Å². The first-order valence-corrected chi connectivity index (χ1v) is 4.03. The summed E-state index contributed by atoms with van der Waals surface area (Å²) in [6.45, 7) is 0. The first-order chi connectivity index (χ1) is 7.02. The minimum atomic E-state index is -3.29. The molecule has 0 aromatic heterocycles. The van der Waals surface area contributed by atoms with Gasteiger partial charge in [0.15, 0.2) is 0 Å². The molecule has 0 aliphatic carbocycles. The molecule has 0 heterocycles. The number of halogens is 3. The number of aromatic hydroxyl groups is 1. The fraction of sp³-hybridized carbons (Fsp3) is 0.222. The van der Waals surface area contributed by atoms with E-state index in [0.29, 0.717) is 0 Å². The minimum absolute atomic E-state index is 0.249. The molecule has 1 aromatic carbocycles. The third-order valence-electron chi connectivity index (χ3n) is 1.64. The predicted molar refractivity (Wildman–Crippen MR) is 46.5 cm³/mol. The summed E-state index contributed by atoms with van der Waals surface area (Å²) in [6, 6.07) is 5.27. The number of hydrogen-bond donors (Lipinski definition) is 2. The Hall–Kier alpha value is -1.72. The first kappa shape index (κ1) is 11.4. The predicted octanol–water partition coefficient (Wildman–Crippen LogP) is 1.68. The number of phenols is 1. The summed E-state index contributed by atoms with van der Waals surface area (Å²) in [5, 5.41) is 10.6. The van der Waals surface area contributed by atoms with E-state index in [1.165, 1.54) is 29.6 Å². The second-order valence-corrected chi connectivity index (χ2v) is 2.73. The van der Waals surface area contributed by atoms with Crippen LogP contribution in [0, 0.1) is 0 Å². The van der Waals surface area contributed by atoms with Crippen molar-refractivity contribution >= 4 is 5.91 Å². The van der Waals surface area contributed by atoms with E-state index in [4.69, 9.17) is 5.11 Å². The van der Waals surface area contributed by atoms with Crippen LogP contribution in [-0.4, -0.2) is 23.7 Å². The van der Waals surface area contributed by atoms with E-state index in [1.54, 1.807) is 0 Å². The Kier molecular flexibility index (Phi) is 3.54. The van der Waals surface area contributed by atoms with E-state index in [9.17, 15) is 18.0 Å². The number of rotatable bonds is 3. The monoisotopic (exact) mass is 219 g/mol. The van der Waals surface area contributed by atoms with Gasteiger partial charge in [-0.3, -0.25) is 4.79 Å². The zero-order valence-electron chi connectivity index (χ0n) is 7.45. The fourth-order valence-corrected chi connectivity index (χ4v) is 0.932. The molecule has 0 radical (unpaired) electrons. The van der Waals surface area contributed by atoms with Crippen molar-refractivity contribution in [3.63, 3.8) is 0 Å². The maximum absolute atomic E-state index is 12.4. The average Bonchev–Trinajstić information content (AvgIpc) is 2.18. The highest BCUT2D eigenvalue weighted by Crippen LogP contribution is 2.15. The molecule has 15 heavy (non-hydrogen) atoms. The highest BCUT2D eigenvalue weighted by molar-refractivity contribution is 5.96. The number of amides is 1.